The van der Waals surface area contributed by atoms with E-state index < -0.39 is 0 Å². The number of unbranched alkanes of at least 4 members (excludes halogenated alkanes) is 4. The summed E-state index contributed by atoms with van der Waals surface area (Å²) in [6, 6.07) is 0. The van der Waals surface area contributed by atoms with Gasteiger partial charge in [-0.25, -0.2) is 0 Å². The molecule has 0 aliphatic carbocycles. The zero-order chi connectivity index (χ0) is 9.52. The third-order valence-electron chi connectivity index (χ3n) is 2.38. The van der Waals surface area contributed by atoms with Gasteiger partial charge in [-0.15, -0.1) is 0 Å². The molecule has 0 spiro atoms. The Labute approximate surface area is 91.3 Å². The monoisotopic (exact) mass is 217 g/mol. The van der Waals surface area contributed by atoms with Gasteiger partial charge in [0.2, 0.25) is 0 Å². The van der Waals surface area contributed by atoms with Crippen LogP contribution in [0.2, 0.25) is 0 Å². The molecular weight excluding hydrogens is 198 g/mol. The topological polar surface area (TPSA) is 3.24 Å². The first-order valence-electron chi connectivity index (χ1n) is 5.26. The normalized spacial score (nSPS) is 17.0. The molecule has 0 N–H and O–H groups in total. The lowest BCUT2D eigenvalue weighted by Crippen LogP contribution is -2.23. The average Bonchev–Trinajstić information content (AvgIpc) is 2.52. The molecule has 0 radical (unpaired) electrons. The van der Waals surface area contributed by atoms with E-state index in [2.05, 4.69) is 11.8 Å². The van der Waals surface area contributed by atoms with Crippen LogP contribution in [0.25, 0.3) is 0 Å². The second-order valence-corrected chi connectivity index (χ2v) is 5.24. The highest BCUT2D eigenvalue weighted by molar-refractivity contribution is 8.23. The number of nitrogens with zero attached hydrogens (tertiary/aromatic N) is 1. The second kappa shape index (κ2) is 6.66. The minimum atomic E-state index is 1.12. The van der Waals surface area contributed by atoms with Gasteiger partial charge in [0.15, 0.2) is 0 Å². The molecule has 0 saturated carbocycles. The summed E-state index contributed by atoms with van der Waals surface area (Å²) in [6.07, 6.45) is 6.81. The van der Waals surface area contributed by atoms with Crippen molar-refractivity contribution in [2.24, 2.45) is 0 Å². The molecule has 1 saturated heterocycles. The molecule has 0 aromatic rings. The van der Waals surface area contributed by atoms with Gasteiger partial charge in [-0.05, 0) is 6.42 Å². The minimum absolute atomic E-state index is 1.12. The maximum Gasteiger partial charge on any atom is 0.136 e. The SMILES string of the molecule is CCCCCCCN1CCSC1=S. The van der Waals surface area contributed by atoms with Crippen molar-refractivity contribution in [3.63, 3.8) is 0 Å². The Hall–Kier alpha value is 0.240. The zero-order valence-corrected chi connectivity index (χ0v) is 10.1. The molecular formula is C10H19NS2. The summed E-state index contributed by atoms with van der Waals surface area (Å²) in [5, 5.41) is 0. The lowest BCUT2D eigenvalue weighted by Gasteiger charge is -2.15. The summed E-state index contributed by atoms with van der Waals surface area (Å²) in [7, 11) is 0. The van der Waals surface area contributed by atoms with Crippen LogP contribution in [0.1, 0.15) is 39.0 Å². The van der Waals surface area contributed by atoms with Crippen LogP contribution in [0, 0.1) is 0 Å². The number of rotatable bonds is 6. The molecule has 0 amide bonds. The van der Waals surface area contributed by atoms with Gasteiger partial charge in [-0.3, -0.25) is 0 Å². The Balaban J connectivity index is 1.96. The fourth-order valence-corrected chi connectivity index (χ4v) is 2.82. The Morgan fingerprint density at radius 2 is 2.08 bits per heavy atom. The van der Waals surface area contributed by atoms with Crippen LogP contribution in [-0.2, 0) is 0 Å². The van der Waals surface area contributed by atoms with Gasteiger partial charge in [0, 0.05) is 18.8 Å². The van der Waals surface area contributed by atoms with E-state index in [0.717, 1.165) is 4.32 Å². The van der Waals surface area contributed by atoms with Crippen molar-refractivity contribution >= 4 is 28.3 Å². The van der Waals surface area contributed by atoms with Crippen molar-refractivity contribution in [3.05, 3.63) is 0 Å². The van der Waals surface area contributed by atoms with Crippen LogP contribution >= 0.6 is 24.0 Å². The maximum atomic E-state index is 5.23. The zero-order valence-electron chi connectivity index (χ0n) is 8.42. The third-order valence-corrected chi connectivity index (χ3v) is 3.88. The Morgan fingerprint density at radius 1 is 1.31 bits per heavy atom. The predicted molar refractivity (Wildman–Crippen MR) is 65.4 cm³/mol. The van der Waals surface area contributed by atoms with Gasteiger partial charge in [0.05, 0.1) is 0 Å². The number of hydrogen-bond acceptors (Lipinski definition) is 2. The quantitative estimate of drug-likeness (QED) is 0.496. The molecule has 1 aliphatic heterocycles. The van der Waals surface area contributed by atoms with Gasteiger partial charge >= 0.3 is 0 Å². The smallest absolute Gasteiger partial charge is 0.136 e. The summed E-state index contributed by atoms with van der Waals surface area (Å²) in [6.45, 7) is 4.62. The van der Waals surface area contributed by atoms with E-state index in [1.807, 2.05) is 11.8 Å². The molecule has 0 aromatic heterocycles. The van der Waals surface area contributed by atoms with Crippen LogP contribution in [0.4, 0.5) is 0 Å². The Morgan fingerprint density at radius 3 is 2.69 bits per heavy atom. The average molecular weight is 217 g/mol. The van der Waals surface area contributed by atoms with Crippen LogP contribution in [-0.4, -0.2) is 28.1 Å². The molecule has 0 unspecified atom stereocenters. The van der Waals surface area contributed by atoms with Crippen molar-refractivity contribution in [1.82, 2.24) is 4.90 Å². The summed E-state index contributed by atoms with van der Waals surface area (Å²) >= 11 is 7.06. The van der Waals surface area contributed by atoms with Gasteiger partial charge in [-0.2, -0.15) is 0 Å². The highest BCUT2D eigenvalue weighted by atomic mass is 32.2. The van der Waals surface area contributed by atoms with Crippen molar-refractivity contribution in [3.8, 4) is 0 Å². The van der Waals surface area contributed by atoms with E-state index in [0.29, 0.717) is 0 Å². The van der Waals surface area contributed by atoms with E-state index >= 15 is 0 Å². The predicted octanol–water partition coefficient (Wildman–Crippen LogP) is 3.29. The summed E-state index contributed by atoms with van der Waals surface area (Å²) < 4.78 is 1.12. The molecule has 1 aliphatic rings. The van der Waals surface area contributed by atoms with Crippen LogP contribution in [0.15, 0.2) is 0 Å². The number of hydrogen-bond donors (Lipinski definition) is 0. The van der Waals surface area contributed by atoms with Gasteiger partial charge in [0.25, 0.3) is 0 Å². The first-order valence-corrected chi connectivity index (χ1v) is 6.65. The molecule has 76 valence electrons. The number of thiocarbonyl (C=S) groups is 1. The van der Waals surface area contributed by atoms with Crippen molar-refractivity contribution in [1.29, 1.82) is 0 Å². The van der Waals surface area contributed by atoms with Gasteiger partial charge < -0.3 is 4.90 Å². The number of thioether (sulfide) groups is 1. The minimum Gasteiger partial charge on any atom is -0.357 e. The van der Waals surface area contributed by atoms with Crippen molar-refractivity contribution < 1.29 is 0 Å². The van der Waals surface area contributed by atoms with Crippen molar-refractivity contribution in [2.75, 3.05) is 18.8 Å². The van der Waals surface area contributed by atoms with E-state index in [-0.39, 0.29) is 0 Å². The van der Waals surface area contributed by atoms with Crippen LogP contribution in [0.3, 0.4) is 0 Å². The molecule has 0 atom stereocenters. The van der Waals surface area contributed by atoms with Crippen LogP contribution < -0.4 is 0 Å². The first kappa shape index (κ1) is 11.3. The van der Waals surface area contributed by atoms with Crippen molar-refractivity contribution in [2.45, 2.75) is 39.0 Å². The van der Waals surface area contributed by atoms with Gasteiger partial charge in [0.1, 0.15) is 4.32 Å². The standard InChI is InChI=1S/C10H19NS2/c1-2-3-4-5-6-7-11-8-9-13-10(11)12/h2-9H2,1H3. The first-order chi connectivity index (χ1) is 6.34. The fourth-order valence-electron chi connectivity index (χ4n) is 1.54. The van der Waals surface area contributed by atoms with E-state index in [1.165, 1.54) is 50.9 Å². The summed E-state index contributed by atoms with van der Waals surface area (Å²) in [5.41, 5.74) is 0. The molecule has 0 aromatic carbocycles. The lowest BCUT2D eigenvalue weighted by molar-refractivity contribution is 0.441. The lowest BCUT2D eigenvalue weighted by atomic mass is 10.1. The maximum absolute atomic E-state index is 5.23. The Bertz CT molecular complexity index is 159. The molecule has 1 rings (SSSR count). The third kappa shape index (κ3) is 4.32. The van der Waals surface area contributed by atoms with Gasteiger partial charge in [-0.1, -0.05) is 56.6 Å². The van der Waals surface area contributed by atoms with Crippen LogP contribution in [0.5, 0.6) is 0 Å². The molecule has 0 bridgehead atoms. The fraction of sp³-hybridized carbons (Fsp3) is 0.900. The van der Waals surface area contributed by atoms with E-state index in [4.69, 9.17) is 12.2 Å². The van der Waals surface area contributed by atoms with E-state index in [9.17, 15) is 0 Å². The summed E-state index contributed by atoms with van der Waals surface area (Å²) in [4.78, 5) is 2.35. The molecule has 3 heteroatoms. The second-order valence-electron chi connectivity index (χ2n) is 3.52. The molecule has 1 heterocycles. The largest absolute Gasteiger partial charge is 0.357 e. The highest BCUT2D eigenvalue weighted by Gasteiger charge is 2.15. The Kier molecular flexibility index (Phi) is 5.80. The summed E-state index contributed by atoms with van der Waals surface area (Å²) in [5.74, 6) is 1.20. The molecule has 1 fully saturated rings. The van der Waals surface area contributed by atoms with E-state index in [1.54, 1.807) is 0 Å². The molecule has 13 heavy (non-hydrogen) atoms. The highest BCUT2D eigenvalue weighted by Crippen LogP contribution is 2.18. The molecule has 1 nitrogen and oxygen atoms in total.